The van der Waals surface area contributed by atoms with E-state index in [0.717, 1.165) is 6.54 Å². The molecular weight excluding hydrogens is 207 g/mol. The van der Waals surface area contributed by atoms with Crippen LogP contribution in [0.4, 0.5) is 10.2 Å². The Balaban J connectivity index is 1.92. The fraction of sp³-hybridized carbons (Fsp3) is 0.273. The molecule has 0 saturated heterocycles. The molecule has 5 heteroatoms. The molecule has 0 spiro atoms. The van der Waals surface area contributed by atoms with E-state index < -0.39 is 0 Å². The van der Waals surface area contributed by atoms with Crippen LogP contribution in [0.2, 0.25) is 0 Å². The van der Waals surface area contributed by atoms with Crippen LogP contribution in [0, 0.1) is 5.82 Å². The molecule has 1 N–H and O–H groups in total. The van der Waals surface area contributed by atoms with Crippen LogP contribution in [0.3, 0.4) is 0 Å². The molecular formula is C11H13FN4. The van der Waals surface area contributed by atoms with Crippen molar-refractivity contribution in [2.75, 3.05) is 5.32 Å². The summed E-state index contributed by atoms with van der Waals surface area (Å²) in [4.78, 5) is 7.90. The van der Waals surface area contributed by atoms with Gasteiger partial charge in [0.1, 0.15) is 11.6 Å². The molecule has 0 amide bonds. The van der Waals surface area contributed by atoms with Gasteiger partial charge in [0.05, 0.1) is 12.5 Å². The van der Waals surface area contributed by atoms with E-state index in [2.05, 4.69) is 15.3 Å². The molecule has 16 heavy (non-hydrogen) atoms. The molecule has 84 valence electrons. The Hall–Kier alpha value is -1.91. The Morgan fingerprint density at radius 3 is 3.00 bits per heavy atom. The van der Waals surface area contributed by atoms with Crippen molar-refractivity contribution in [3.8, 4) is 0 Å². The van der Waals surface area contributed by atoms with Crippen LogP contribution in [-0.4, -0.2) is 20.6 Å². The minimum absolute atomic E-state index is 0.201. The number of imidazole rings is 1. The van der Waals surface area contributed by atoms with Crippen LogP contribution >= 0.6 is 0 Å². The maximum absolute atomic E-state index is 12.6. The molecule has 0 bridgehead atoms. The SMILES string of the molecule is CC(Cn1ccnc1)Nc1ccc(F)cn1. The van der Waals surface area contributed by atoms with Crippen LogP contribution in [0.1, 0.15) is 6.92 Å². The number of anilines is 1. The third kappa shape index (κ3) is 2.79. The number of halogens is 1. The van der Waals surface area contributed by atoms with Gasteiger partial charge < -0.3 is 9.88 Å². The first-order chi connectivity index (χ1) is 7.74. The van der Waals surface area contributed by atoms with Crippen molar-refractivity contribution >= 4 is 5.82 Å². The maximum Gasteiger partial charge on any atom is 0.141 e. The summed E-state index contributed by atoms with van der Waals surface area (Å²) in [5.74, 6) is 0.349. The largest absolute Gasteiger partial charge is 0.366 e. The van der Waals surface area contributed by atoms with Crippen LogP contribution in [-0.2, 0) is 6.54 Å². The first-order valence-corrected chi connectivity index (χ1v) is 5.08. The third-order valence-corrected chi connectivity index (χ3v) is 2.17. The molecule has 1 unspecified atom stereocenters. The van der Waals surface area contributed by atoms with Gasteiger partial charge in [-0.2, -0.15) is 0 Å². The molecule has 2 heterocycles. The maximum atomic E-state index is 12.6. The van der Waals surface area contributed by atoms with Gasteiger partial charge in [-0.3, -0.25) is 0 Å². The van der Waals surface area contributed by atoms with E-state index in [9.17, 15) is 4.39 Å². The average molecular weight is 220 g/mol. The summed E-state index contributed by atoms with van der Waals surface area (Å²) >= 11 is 0. The summed E-state index contributed by atoms with van der Waals surface area (Å²) in [5.41, 5.74) is 0. The van der Waals surface area contributed by atoms with Crippen molar-refractivity contribution in [2.24, 2.45) is 0 Å². The normalized spacial score (nSPS) is 12.4. The van der Waals surface area contributed by atoms with E-state index in [1.807, 2.05) is 17.7 Å². The molecule has 0 radical (unpaired) electrons. The van der Waals surface area contributed by atoms with E-state index in [4.69, 9.17) is 0 Å². The summed E-state index contributed by atoms with van der Waals surface area (Å²) < 4.78 is 14.6. The van der Waals surface area contributed by atoms with Crippen molar-refractivity contribution < 1.29 is 4.39 Å². The lowest BCUT2D eigenvalue weighted by Crippen LogP contribution is -2.21. The molecule has 0 aliphatic rings. The predicted octanol–water partition coefficient (Wildman–Crippen LogP) is 1.92. The number of hydrogen-bond donors (Lipinski definition) is 1. The molecule has 4 nitrogen and oxygen atoms in total. The standard InChI is InChI=1S/C11H13FN4/c1-9(7-16-5-4-13-8-16)15-11-3-2-10(12)6-14-11/h2-6,8-9H,7H2,1H3,(H,14,15). The van der Waals surface area contributed by atoms with Crippen molar-refractivity contribution in [3.05, 3.63) is 42.9 Å². The fourth-order valence-electron chi connectivity index (χ4n) is 1.47. The second-order valence-electron chi connectivity index (χ2n) is 3.67. The zero-order valence-corrected chi connectivity index (χ0v) is 8.97. The van der Waals surface area contributed by atoms with Crippen LogP contribution in [0.5, 0.6) is 0 Å². The molecule has 2 rings (SSSR count). The van der Waals surface area contributed by atoms with Crippen LogP contribution in [0.15, 0.2) is 37.1 Å². The summed E-state index contributed by atoms with van der Waals surface area (Å²) in [7, 11) is 0. The Morgan fingerprint density at radius 1 is 1.50 bits per heavy atom. The Morgan fingerprint density at radius 2 is 2.38 bits per heavy atom. The van der Waals surface area contributed by atoms with E-state index in [1.54, 1.807) is 18.6 Å². The van der Waals surface area contributed by atoms with Gasteiger partial charge in [0.2, 0.25) is 0 Å². The lowest BCUT2D eigenvalue weighted by atomic mass is 10.3. The summed E-state index contributed by atoms with van der Waals surface area (Å²) in [5, 5.41) is 3.18. The Kier molecular flexibility index (Phi) is 3.14. The summed E-state index contributed by atoms with van der Waals surface area (Å²) in [6, 6.07) is 3.21. The zero-order chi connectivity index (χ0) is 11.4. The number of rotatable bonds is 4. The minimum Gasteiger partial charge on any atom is -0.366 e. The second kappa shape index (κ2) is 4.74. The van der Waals surface area contributed by atoms with E-state index in [0.29, 0.717) is 5.82 Å². The fourth-order valence-corrected chi connectivity index (χ4v) is 1.47. The van der Waals surface area contributed by atoms with Gasteiger partial charge in [0, 0.05) is 25.0 Å². The van der Waals surface area contributed by atoms with E-state index in [-0.39, 0.29) is 11.9 Å². The van der Waals surface area contributed by atoms with Crippen molar-refractivity contribution in [1.82, 2.24) is 14.5 Å². The van der Waals surface area contributed by atoms with Gasteiger partial charge in [-0.15, -0.1) is 0 Å². The average Bonchev–Trinajstić information content (AvgIpc) is 2.74. The highest BCUT2D eigenvalue weighted by Gasteiger charge is 2.03. The molecule has 0 aliphatic heterocycles. The van der Waals surface area contributed by atoms with Crippen molar-refractivity contribution in [3.63, 3.8) is 0 Å². The molecule has 0 aliphatic carbocycles. The predicted molar refractivity (Wildman–Crippen MR) is 59.5 cm³/mol. The lowest BCUT2D eigenvalue weighted by molar-refractivity contribution is 0.610. The number of nitrogens with one attached hydrogen (secondary N) is 1. The highest BCUT2D eigenvalue weighted by atomic mass is 19.1. The van der Waals surface area contributed by atoms with Gasteiger partial charge in [-0.1, -0.05) is 0 Å². The topological polar surface area (TPSA) is 42.7 Å². The first kappa shape index (κ1) is 10.6. The molecule has 1 atom stereocenters. The number of pyridine rings is 1. The molecule has 0 fully saturated rings. The third-order valence-electron chi connectivity index (χ3n) is 2.17. The summed E-state index contributed by atoms with van der Waals surface area (Å²) in [6.07, 6.45) is 6.60. The molecule has 0 saturated carbocycles. The van der Waals surface area contributed by atoms with Gasteiger partial charge >= 0.3 is 0 Å². The second-order valence-corrected chi connectivity index (χ2v) is 3.67. The summed E-state index contributed by atoms with van der Waals surface area (Å²) in [6.45, 7) is 2.82. The number of aromatic nitrogens is 3. The lowest BCUT2D eigenvalue weighted by Gasteiger charge is -2.14. The van der Waals surface area contributed by atoms with Gasteiger partial charge in [0.15, 0.2) is 0 Å². The van der Waals surface area contributed by atoms with Gasteiger partial charge in [-0.25, -0.2) is 14.4 Å². The highest BCUT2D eigenvalue weighted by molar-refractivity contribution is 5.34. The highest BCUT2D eigenvalue weighted by Crippen LogP contribution is 2.06. The van der Waals surface area contributed by atoms with Gasteiger partial charge in [-0.05, 0) is 19.1 Å². The van der Waals surface area contributed by atoms with Crippen LogP contribution in [0.25, 0.3) is 0 Å². The molecule has 2 aromatic heterocycles. The van der Waals surface area contributed by atoms with Gasteiger partial charge in [0.25, 0.3) is 0 Å². The molecule has 2 aromatic rings. The van der Waals surface area contributed by atoms with Crippen LogP contribution < -0.4 is 5.32 Å². The van der Waals surface area contributed by atoms with E-state index in [1.165, 1.54) is 12.3 Å². The molecule has 0 aromatic carbocycles. The first-order valence-electron chi connectivity index (χ1n) is 5.08. The minimum atomic E-state index is -0.326. The van der Waals surface area contributed by atoms with Crippen molar-refractivity contribution in [2.45, 2.75) is 19.5 Å². The Bertz CT molecular complexity index is 424. The smallest absolute Gasteiger partial charge is 0.141 e. The number of hydrogen-bond acceptors (Lipinski definition) is 3. The van der Waals surface area contributed by atoms with E-state index >= 15 is 0 Å². The Labute approximate surface area is 93.2 Å². The zero-order valence-electron chi connectivity index (χ0n) is 8.97. The quantitative estimate of drug-likeness (QED) is 0.856. The van der Waals surface area contributed by atoms with Crippen molar-refractivity contribution in [1.29, 1.82) is 0 Å². The monoisotopic (exact) mass is 220 g/mol. The number of nitrogens with zero attached hydrogens (tertiary/aromatic N) is 3.